The van der Waals surface area contributed by atoms with Crippen LogP contribution in [0.25, 0.3) is 11.1 Å². The topological polar surface area (TPSA) is 52.9 Å². The van der Waals surface area contributed by atoms with E-state index in [1.807, 2.05) is 26.0 Å². The van der Waals surface area contributed by atoms with Crippen molar-refractivity contribution in [2.24, 2.45) is 0 Å². The van der Waals surface area contributed by atoms with E-state index in [-0.39, 0.29) is 5.91 Å². The lowest BCUT2D eigenvalue weighted by atomic mass is 9.99. The van der Waals surface area contributed by atoms with Crippen molar-refractivity contribution in [2.45, 2.75) is 33.6 Å². The van der Waals surface area contributed by atoms with Gasteiger partial charge in [-0.25, -0.2) is 0 Å². The third-order valence-electron chi connectivity index (χ3n) is 4.17. The molecule has 0 bridgehead atoms. The van der Waals surface area contributed by atoms with Crippen LogP contribution in [0.5, 0.6) is 0 Å². The second-order valence-electron chi connectivity index (χ2n) is 6.16. The fourth-order valence-electron chi connectivity index (χ4n) is 2.94. The number of rotatable bonds is 5. The van der Waals surface area contributed by atoms with Gasteiger partial charge >= 0.3 is 0 Å². The molecule has 0 fully saturated rings. The largest absolute Gasteiger partial charge is 0.312 e. The Balaban J connectivity index is 1.93. The molecule has 0 saturated carbocycles. The summed E-state index contributed by atoms with van der Waals surface area (Å²) in [7, 11) is 0. The number of benzene rings is 1. The molecule has 0 saturated heterocycles. The van der Waals surface area contributed by atoms with Crippen LogP contribution >= 0.6 is 22.7 Å². The zero-order chi connectivity index (χ0) is 18.7. The van der Waals surface area contributed by atoms with Crippen LogP contribution in [-0.4, -0.2) is 5.91 Å². The average molecular weight is 381 g/mol. The molecule has 3 aromatic rings. The van der Waals surface area contributed by atoms with Crippen molar-refractivity contribution in [2.75, 3.05) is 5.32 Å². The first-order valence-electron chi connectivity index (χ1n) is 8.54. The first-order valence-corrected chi connectivity index (χ1v) is 10.2. The van der Waals surface area contributed by atoms with E-state index in [1.165, 1.54) is 28.2 Å². The molecule has 3 rings (SSSR count). The molecule has 5 heteroatoms. The van der Waals surface area contributed by atoms with Crippen LogP contribution in [0.4, 0.5) is 5.00 Å². The first kappa shape index (κ1) is 18.4. The number of hydrogen-bond acceptors (Lipinski definition) is 4. The molecular weight excluding hydrogens is 360 g/mol. The highest BCUT2D eigenvalue weighted by molar-refractivity contribution is 7.17. The summed E-state index contributed by atoms with van der Waals surface area (Å²) in [4.78, 5) is 15.2. The standard InChI is InChI=1S/C21H20N2OS2/c1-4-5-15-7-9-16(10-8-15)19-14(3)26-21(17(19)12-22)23-20(24)18-11-6-13(2)25-18/h6-11H,4-5H2,1-3H3,(H,23,24). The zero-order valence-electron chi connectivity index (χ0n) is 15.1. The number of amides is 1. The van der Waals surface area contributed by atoms with Crippen molar-refractivity contribution in [3.05, 3.63) is 62.2 Å². The van der Waals surface area contributed by atoms with E-state index in [9.17, 15) is 10.1 Å². The summed E-state index contributed by atoms with van der Waals surface area (Å²) < 4.78 is 0. The predicted octanol–water partition coefficient (Wildman–Crippen LogP) is 6.17. The fourth-order valence-corrected chi connectivity index (χ4v) is 4.72. The quantitative estimate of drug-likeness (QED) is 0.575. The van der Waals surface area contributed by atoms with Gasteiger partial charge in [-0.2, -0.15) is 5.26 Å². The monoisotopic (exact) mass is 380 g/mol. The lowest BCUT2D eigenvalue weighted by Gasteiger charge is -2.05. The summed E-state index contributed by atoms with van der Waals surface area (Å²) in [5, 5.41) is 13.2. The Morgan fingerprint density at radius 1 is 1.12 bits per heavy atom. The lowest BCUT2D eigenvalue weighted by molar-refractivity contribution is 0.103. The molecular formula is C21H20N2OS2. The van der Waals surface area contributed by atoms with E-state index in [2.05, 4.69) is 42.6 Å². The van der Waals surface area contributed by atoms with Gasteiger partial charge in [0.25, 0.3) is 5.91 Å². The van der Waals surface area contributed by atoms with Crippen LogP contribution < -0.4 is 5.32 Å². The third-order valence-corrected chi connectivity index (χ3v) is 6.19. The van der Waals surface area contributed by atoms with E-state index >= 15 is 0 Å². The van der Waals surface area contributed by atoms with Gasteiger partial charge in [0.05, 0.1) is 10.4 Å². The normalized spacial score (nSPS) is 10.5. The Morgan fingerprint density at radius 3 is 2.42 bits per heavy atom. The zero-order valence-corrected chi connectivity index (χ0v) is 16.7. The Bertz CT molecular complexity index is 975. The number of carbonyl (C=O) groups is 1. The van der Waals surface area contributed by atoms with E-state index in [0.29, 0.717) is 15.4 Å². The van der Waals surface area contributed by atoms with Gasteiger partial charge in [-0.05, 0) is 43.5 Å². The van der Waals surface area contributed by atoms with Crippen LogP contribution in [0, 0.1) is 25.2 Å². The Morgan fingerprint density at radius 2 is 1.85 bits per heavy atom. The van der Waals surface area contributed by atoms with Crippen molar-refractivity contribution in [3.8, 4) is 17.2 Å². The summed E-state index contributed by atoms with van der Waals surface area (Å²) in [6.07, 6.45) is 2.16. The second kappa shape index (κ2) is 7.86. The predicted molar refractivity (Wildman–Crippen MR) is 110 cm³/mol. The van der Waals surface area contributed by atoms with Crippen LogP contribution in [-0.2, 0) is 6.42 Å². The number of aryl methyl sites for hydroxylation is 3. The Hall–Kier alpha value is -2.42. The second-order valence-corrected chi connectivity index (χ2v) is 8.67. The highest BCUT2D eigenvalue weighted by atomic mass is 32.1. The minimum atomic E-state index is -0.161. The van der Waals surface area contributed by atoms with E-state index < -0.39 is 0 Å². The number of hydrogen-bond donors (Lipinski definition) is 1. The highest BCUT2D eigenvalue weighted by Crippen LogP contribution is 2.39. The van der Waals surface area contributed by atoms with Gasteiger partial charge in [0.1, 0.15) is 11.1 Å². The molecule has 3 nitrogen and oxygen atoms in total. The van der Waals surface area contributed by atoms with Crippen molar-refractivity contribution >= 4 is 33.6 Å². The van der Waals surface area contributed by atoms with Gasteiger partial charge in [0.2, 0.25) is 0 Å². The molecule has 1 N–H and O–H groups in total. The molecule has 26 heavy (non-hydrogen) atoms. The first-order chi connectivity index (χ1) is 12.5. The molecule has 0 spiro atoms. The summed E-state index contributed by atoms with van der Waals surface area (Å²) in [5.74, 6) is -0.161. The minimum absolute atomic E-state index is 0.161. The SMILES string of the molecule is CCCc1ccc(-c2c(C)sc(NC(=O)c3ccc(C)s3)c2C#N)cc1. The summed E-state index contributed by atoms with van der Waals surface area (Å²) in [6.45, 7) is 6.12. The van der Waals surface area contributed by atoms with Gasteiger partial charge in [-0.1, -0.05) is 37.6 Å². The molecule has 0 aliphatic heterocycles. The Kier molecular flexibility index (Phi) is 5.55. The van der Waals surface area contributed by atoms with Crippen molar-refractivity contribution < 1.29 is 4.79 Å². The molecule has 1 amide bonds. The number of thiophene rings is 2. The molecule has 0 aliphatic carbocycles. The summed E-state index contributed by atoms with van der Waals surface area (Å²) in [5.41, 5.74) is 3.77. The van der Waals surface area contributed by atoms with Crippen LogP contribution in [0.1, 0.15) is 43.9 Å². The number of nitrogens with zero attached hydrogens (tertiary/aromatic N) is 1. The van der Waals surface area contributed by atoms with Gasteiger partial charge in [-0.3, -0.25) is 4.79 Å². The van der Waals surface area contributed by atoms with Gasteiger partial charge < -0.3 is 5.32 Å². The average Bonchev–Trinajstić information content (AvgIpc) is 3.19. The number of nitriles is 1. The number of anilines is 1. The molecule has 2 heterocycles. The van der Waals surface area contributed by atoms with Gasteiger partial charge in [-0.15, -0.1) is 22.7 Å². The lowest BCUT2D eigenvalue weighted by Crippen LogP contribution is -2.09. The molecule has 1 aromatic carbocycles. The van der Waals surface area contributed by atoms with Crippen LogP contribution in [0.15, 0.2) is 36.4 Å². The van der Waals surface area contributed by atoms with Crippen molar-refractivity contribution in [1.82, 2.24) is 0 Å². The Labute approximate surface area is 161 Å². The maximum Gasteiger partial charge on any atom is 0.266 e. The molecule has 132 valence electrons. The van der Waals surface area contributed by atoms with Crippen molar-refractivity contribution in [3.63, 3.8) is 0 Å². The van der Waals surface area contributed by atoms with Crippen LogP contribution in [0.2, 0.25) is 0 Å². The summed E-state index contributed by atoms with van der Waals surface area (Å²) >= 11 is 2.91. The van der Waals surface area contributed by atoms with Gasteiger partial charge in [0, 0.05) is 15.3 Å². The highest BCUT2D eigenvalue weighted by Gasteiger charge is 2.20. The number of carbonyl (C=O) groups excluding carboxylic acids is 1. The molecule has 0 radical (unpaired) electrons. The molecule has 2 aromatic heterocycles. The third kappa shape index (κ3) is 3.72. The van der Waals surface area contributed by atoms with Crippen molar-refractivity contribution in [1.29, 1.82) is 5.26 Å². The molecule has 0 unspecified atom stereocenters. The maximum atomic E-state index is 12.5. The van der Waals surface area contributed by atoms with Crippen LogP contribution in [0.3, 0.4) is 0 Å². The fraction of sp³-hybridized carbons (Fsp3) is 0.238. The van der Waals surface area contributed by atoms with E-state index in [1.54, 1.807) is 0 Å². The molecule has 0 atom stereocenters. The van der Waals surface area contributed by atoms with Gasteiger partial charge in [0.15, 0.2) is 0 Å². The van der Waals surface area contributed by atoms with E-state index in [4.69, 9.17) is 0 Å². The number of nitrogens with one attached hydrogen (secondary N) is 1. The van der Waals surface area contributed by atoms with E-state index in [0.717, 1.165) is 33.7 Å². The summed E-state index contributed by atoms with van der Waals surface area (Å²) in [6, 6.07) is 14.4. The molecule has 0 aliphatic rings. The smallest absolute Gasteiger partial charge is 0.266 e. The maximum absolute atomic E-state index is 12.5. The minimum Gasteiger partial charge on any atom is -0.312 e.